The van der Waals surface area contributed by atoms with Crippen molar-refractivity contribution in [3.63, 3.8) is 0 Å². The van der Waals surface area contributed by atoms with E-state index >= 15 is 0 Å². The number of hydrogen-bond donors (Lipinski definition) is 2. The highest BCUT2D eigenvalue weighted by atomic mass is 16.5. The SMILES string of the molecule is COc1cncc(C(CC2CCCCCC2)NN)c1. The summed E-state index contributed by atoms with van der Waals surface area (Å²) in [5, 5.41) is 0. The molecule has 1 unspecified atom stereocenters. The minimum Gasteiger partial charge on any atom is -0.495 e. The molecule has 19 heavy (non-hydrogen) atoms. The third-order valence-corrected chi connectivity index (χ3v) is 4.12. The molecule has 0 amide bonds. The summed E-state index contributed by atoms with van der Waals surface area (Å²) in [5.74, 6) is 7.30. The number of methoxy groups -OCH3 is 1. The van der Waals surface area contributed by atoms with Crippen molar-refractivity contribution in [2.75, 3.05) is 7.11 Å². The molecule has 3 N–H and O–H groups in total. The van der Waals surface area contributed by atoms with Gasteiger partial charge in [0.15, 0.2) is 0 Å². The molecule has 0 spiro atoms. The summed E-state index contributed by atoms with van der Waals surface area (Å²) in [6, 6.07) is 2.19. The van der Waals surface area contributed by atoms with Crippen LogP contribution in [0, 0.1) is 5.92 Å². The molecular formula is C15H25N3O. The van der Waals surface area contributed by atoms with Gasteiger partial charge in [0.1, 0.15) is 5.75 Å². The van der Waals surface area contributed by atoms with Crippen LogP contribution in [-0.2, 0) is 0 Å². The molecule has 1 heterocycles. The lowest BCUT2D eigenvalue weighted by molar-refractivity contribution is 0.356. The summed E-state index contributed by atoms with van der Waals surface area (Å²) in [7, 11) is 1.66. The van der Waals surface area contributed by atoms with Gasteiger partial charge < -0.3 is 4.74 Å². The van der Waals surface area contributed by atoms with Crippen molar-refractivity contribution in [2.45, 2.75) is 51.0 Å². The maximum atomic E-state index is 5.73. The molecule has 1 fully saturated rings. The fourth-order valence-corrected chi connectivity index (χ4v) is 2.97. The first kappa shape index (κ1) is 14.3. The molecule has 1 aliphatic rings. The second-order valence-electron chi connectivity index (χ2n) is 5.47. The van der Waals surface area contributed by atoms with Crippen molar-refractivity contribution in [3.8, 4) is 5.75 Å². The van der Waals surface area contributed by atoms with Crippen LogP contribution in [-0.4, -0.2) is 12.1 Å². The van der Waals surface area contributed by atoms with Crippen molar-refractivity contribution in [3.05, 3.63) is 24.0 Å². The molecule has 1 aromatic rings. The lowest BCUT2D eigenvalue weighted by atomic mass is 9.90. The van der Waals surface area contributed by atoms with Gasteiger partial charge in [0.25, 0.3) is 0 Å². The van der Waals surface area contributed by atoms with Crippen molar-refractivity contribution in [1.82, 2.24) is 10.4 Å². The van der Waals surface area contributed by atoms with Crippen molar-refractivity contribution in [2.24, 2.45) is 11.8 Å². The van der Waals surface area contributed by atoms with E-state index in [-0.39, 0.29) is 6.04 Å². The Hall–Kier alpha value is -1.13. The van der Waals surface area contributed by atoms with Crippen LogP contribution in [0.25, 0.3) is 0 Å². The Morgan fingerprint density at radius 1 is 1.32 bits per heavy atom. The van der Waals surface area contributed by atoms with Gasteiger partial charge in [-0.25, -0.2) is 0 Å². The Morgan fingerprint density at radius 3 is 2.68 bits per heavy atom. The van der Waals surface area contributed by atoms with Crippen molar-refractivity contribution < 1.29 is 4.74 Å². The van der Waals surface area contributed by atoms with Gasteiger partial charge in [0.2, 0.25) is 0 Å². The van der Waals surface area contributed by atoms with Gasteiger partial charge >= 0.3 is 0 Å². The van der Waals surface area contributed by atoms with Crippen LogP contribution < -0.4 is 16.0 Å². The fourth-order valence-electron chi connectivity index (χ4n) is 2.97. The lowest BCUT2D eigenvalue weighted by Crippen LogP contribution is -2.29. The van der Waals surface area contributed by atoms with E-state index in [1.54, 1.807) is 13.3 Å². The monoisotopic (exact) mass is 263 g/mol. The van der Waals surface area contributed by atoms with Gasteiger partial charge in [0, 0.05) is 12.2 Å². The summed E-state index contributed by atoms with van der Waals surface area (Å²) in [5.41, 5.74) is 4.06. The predicted octanol–water partition coefficient (Wildman–Crippen LogP) is 2.96. The number of ether oxygens (including phenoxy) is 1. The van der Waals surface area contributed by atoms with Crippen LogP contribution in [0.1, 0.15) is 56.6 Å². The van der Waals surface area contributed by atoms with E-state index in [0.29, 0.717) is 0 Å². The zero-order valence-electron chi connectivity index (χ0n) is 11.8. The van der Waals surface area contributed by atoms with E-state index in [0.717, 1.165) is 23.7 Å². The molecule has 1 atom stereocenters. The Bertz CT molecular complexity index is 375. The summed E-state index contributed by atoms with van der Waals surface area (Å²) >= 11 is 0. The van der Waals surface area contributed by atoms with Crippen LogP contribution in [0.3, 0.4) is 0 Å². The molecule has 4 nitrogen and oxygen atoms in total. The highest BCUT2D eigenvalue weighted by molar-refractivity contribution is 5.25. The average Bonchev–Trinajstić information content (AvgIpc) is 2.73. The number of nitrogens with zero attached hydrogens (tertiary/aromatic N) is 1. The Kier molecular flexibility index (Phi) is 5.61. The van der Waals surface area contributed by atoms with E-state index in [1.807, 2.05) is 12.3 Å². The number of nitrogens with two attached hydrogens (primary N) is 1. The van der Waals surface area contributed by atoms with Gasteiger partial charge in [-0.1, -0.05) is 38.5 Å². The third kappa shape index (κ3) is 4.18. The first-order valence-corrected chi connectivity index (χ1v) is 7.28. The molecule has 0 saturated heterocycles. The molecule has 0 aliphatic heterocycles. The number of pyridine rings is 1. The number of rotatable bonds is 5. The molecule has 0 bridgehead atoms. The molecular weight excluding hydrogens is 238 g/mol. The summed E-state index contributed by atoms with van der Waals surface area (Å²) in [6.45, 7) is 0. The summed E-state index contributed by atoms with van der Waals surface area (Å²) in [4.78, 5) is 4.22. The minimum atomic E-state index is 0.172. The van der Waals surface area contributed by atoms with Gasteiger partial charge in [0.05, 0.1) is 13.3 Å². The van der Waals surface area contributed by atoms with E-state index in [9.17, 15) is 0 Å². The maximum absolute atomic E-state index is 5.73. The Labute approximate surface area is 115 Å². The highest BCUT2D eigenvalue weighted by Gasteiger charge is 2.19. The first-order valence-electron chi connectivity index (χ1n) is 7.28. The van der Waals surface area contributed by atoms with E-state index < -0.39 is 0 Å². The Balaban J connectivity index is 2.01. The highest BCUT2D eigenvalue weighted by Crippen LogP contribution is 2.31. The van der Waals surface area contributed by atoms with Gasteiger partial charge in [-0.3, -0.25) is 16.3 Å². The van der Waals surface area contributed by atoms with Crippen LogP contribution in [0.4, 0.5) is 0 Å². The van der Waals surface area contributed by atoms with Gasteiger partial charge in [-0.05, 0) is 24.0 Å². The molecule has 0 radical (unpaired) electrons. The van der Waals surface area contributed by atoms with Gasteiger partial charge in [-0.2, -0.15) is 0 Å². The maximum Gasteiger partial charge on any atom is 0.137 e. The molecule has 1 saturated carbocycles. The van der Waals surface area contributed by atoms with Crippen LogP contribution in [0.5, 0.6) is 5.75 Å². The topological polar surface area (TPSA) is 60.2 Å². The summed E-state index contributed by atoms with van der Waals surface area (Å²) < 4.78 is 5.23. The standard InChI is InChI=1S/C15H25N3O/c1-19-14-9-13(10-17-11-14)15(18-16)8-12-6-4-2-3-5-7-12/h9-12,15,18H,2-8,16H2,1H3. The molecule has 1 aliphatic carbocycles. The lowest BCUT2D eigenvalue weighted by Gasteiger charge is -2.22. The van der Waals surface area contributed by atoms with Gasteiger partial charge in [-0.15, -0.1) is 0 Å². The zero-order chi connectivity index (χ0) is 13.5. The first-order chi connectivity index (χ1) is 9.33. The van der Waals surface area contributed by atoms with Crippen LogP contribution in [0.15, 0.2) is 18.5 Å². The number of aromatic nitrogens is 1. The smallest absolute Gasteiger partial charge is 0.137 e. The average molecular weight is 263 g/mol. The molecule has 106 valence electrons. The van der Waals surface area contributed by atoms with Crippen molar-refractivity contribution in [1.29, 1.82) is 0 Å². The van der Waals surface area contributed by atoms with E-state index in [2.05, 4.69) is 10.4 Å². The zero-order valence-corrected chi connectivity index (χ0v) is 11.8. The molecule has 2 rings (SSSR count). The summed E-state index contributed by atoms with van der Waals surface area (Å²) in [6.07, 6.45) is 12.8. The number of hydrazine groups is 1. The minimum absolute atomic E-state index is 0.172. The van der Waals surface area contributed by atoms with E-state index in [4.69, 9.17) is 10.6 Å². The van der Waals surface area contributed by atoms with E-state index in [1.165, 1.54) is 38.5 Å². The predicted molar refractivity (Wildman–Crippen MR) is 76.7 cm³/mol. The second kappa shape index (κ2) is 7.46. The molecule has 1 aromatic heterocycles. The Morgan fingerprint density at radius 2 is 2.05 bits per heavy atom. The largest absolute Gasteiger partial charge is 0.495 e. The van der Waals surface area contributed by atoms with Crippen LogP contribution >= 0.6 is 0 Å². The second-order valence-corrected chi connectivity index (χ2v) is 5.47. The quantitative estimate of drug-likeness (QED) is 0.487. The number of hydrogen-bond acceptors (Lipinski definition) is 4. The number of nitrogens with one attached hydrogen (secondary N) is 1. The van der Waals surface area contributed by atoms with Crippen molar-refractivity contribution >= 4 is 0 Å². The molecule has 4 heteroatoms. The normalized spacial score (nSPS) is 18.8. The van der Waals surface area contributed by atoms with Crippen LogP contribution in [0.2, 0.25) is 0 Å². The molecule has 0 aromatic carbocycles. The fraction of sp³-hybridized carbons (Fsp3) is 0.667. The third-order valence-electron chi connectivity index (χ3n) is 4.12.